The minimum Gasteiger partial charge on any atom is -0.368 e. The molecule has 1 amide bonds. The molecule has 2 fully saturated rings. The number of carbonyl (C=O) groups is 1. The van der Waals surface area contributed by atoms with E-state index in [2.05, 4.69) is 15.0 Å². The summed E-state index contributed by atoms with van der Waals surface area (Å²) in [5, 5.41) is 0. The minimum absolute atomic E-state index is 0.0402. The van der Waals surface area contributed by atoms with E-state index in [0.29, 0.717) is 31.2 Å². The zero-order valence-corrected chi connectivity index (χ0v) is 18.6. The van der Waals surface area contributed by atoms with Crippen LogP contribution in [0.15, 0.2) is 35.6 Å². The molecule has 2 saturated heterocycles. The highest BCUT2D eigenvalue weighted by atomic mass is 32.2. The van der Waals surface area contributed by atoms with Gasteiger partial charge in [0.25, 0.3) is 5.91 Å². The number of aromatic nitrogens is 3. The normalized spacial score (nSPS) is 20.4. The van der Waals surface area contributed by atoms with Crippen molar-refractivity contribution in [3.63, 3.8) is 0 Å². The second-order valence-electron chi connectivity index (χ2n) is 8.07. The molecule has 4 rings (SSSR count). The summed E-state index contributed by atoms with van der Waals surface area (Å²) in [6.45, 7) is 5.61. The lowest BCUT2D eigenvalue weighted by Gasteiger charge is -2.35. The monoisotopic (exact) mass is 445 g/mol. The summed E-state index contributed by atoms with van der Waals surface area (Å²) in [7, 11) is -3.78. The van der Waals surface area contributed by atoms with Crippen LogP contribution in [0.5, 0.6) is 0 Å². The van der Waals surface area contributed by atoms with Crippen LogP contribution in [-0.4, -0.2) is 77.4 Å². The summed E-state index contributed by atoms with van der Waals surface area (Å²) in [5.41, 5.74) is 1.21. The van der Waals surface area contributed by atoms with Crippen molar-refractivity contribution in [1.82, 2.24) is 24.2 Å². The molecular formula is C21H27N5O4S. The molecular weight excluding hydrogens is 418 g/mol. The zero-order chi connectivity index (χ0) is 22.0. The SMILES string of the molecule is CC(C)c1nc(-c2cccnc2)ncc1S(=O)(=O)N1CCN(C(=O)[C@@H]2CCCO2)CC1. The molecule has 2 aliphatic rings. The first kappa shape index (κ1) is 21.8. The van der Waals surface area contributed by atoms with Crippen molar-refractivity contribution >= 4 is 15.9 Å². The average molecular weight is 446 g/mol. The number of hydrogen-bond acceptors (Lipinski definition) is 7. The fourth-order valence-corrected chi connectivity index (χ4v) is 5.55. The van der Waals surface area contributed by atoms with Crippen LogP contribution in [0, 0.1) is 0 Å². The molecule has 0 aliphatic carbocycles. The average Bonchev–Trinajstić information content (AvgIpc) is 3.34. The van der Waals surface area contributed by atoms with E-state index in [1.807, 2.05) is 19.9 Å². The van der Waals surface area contributed by atoms with Crippen molar-refractivity contribution in [1.29, 1.82) is 0 Å². The van der Waals surface area contributed by atoms with E-state index < -0.39 is 10.0 Å². The maximum absolute atomic E-state index is 13.4. The molecule has 10 heteroatoms. The fraction of sp³-hybridized carbons (Fsp3) is 0.524. The summed E-state index contributed by atoms with van der Waals surface area (Å²) < 4.78 is 33.7. The fourth-order valence-electron chi connectivity index (χ4n) is 3.89. The third-order valence-corrected chi connectivity index (χ3v) is 7.54. The Morgan fingerprint density at radius 1 is 1.19 bits per heavy atom. The number of nitrogens with zero attached hydrogens (tertiary/aromatic N) is 5. The molecule has 0 N–H and O–H groups in total. The molecule has 31 heavy (non-hydrogen) atoms. The number of sulfonamides is 1. The van der Waals surface area contributed by atoms with Crippen molar-refractivity contribution in [3.05, 3.63) is 36.4 Å². The number of amides is 1. The highest BCUT2D eigenvalue weighted by molar-refractivity contribution is 7.89. The molecule has 0 unspecified atom stereocenters. The van der Waals surface area contributed by atoms with Crippen molar-refractivity contribution in [2.24, 2.45) is 0 Å². The zero-order valence-electron chi connectivity index (χ0n) is 17.8. The Kier molecular flexibility index (Phi) is 6.31. The van der Waals surface area contributed by atoms with Gasteiger partial charge in [-0.1, -0.05) is 13.8 Å². The van der Waals surface area contributed by atoms with Gasteiger partial charge in [0.2, 0.25) is 10.0 Å². The van der Waals surface area contributed by atoms with Crippen LogP contribution in [-0.2, 0) is 19.6 Å². The predicted molar refractivity (Wildman–Crippen MR) is 114 cm³/mol. The third-order valence-electron chi connectivity index (χ3n) is 5.62. The maximum atomic E-state index is 13.4. The third kappa shape index (κ3) is 4.46. The van der Waals surface area contributed by atoms with Gasteiger partial charge >= 0.3 is 0 Å². The summed E-state index contributed by atoms with van der Waals surface area (Å²) in [6.07, 6.45) is 5.94. The Hall–Kier alpha value is -2.43. The van der Waals surface area contributed by atoms with E-state index in [9.17, 15) is 13.2 Å². The second kappa shape index (κ2) is 8.97. The van der Waals surface area contributed by atoms with E-state index in [4.69, 9.17) is 4.74 Å². The number of piperazine rings is 1. The summed E-state index contributed by atoms with van der Waals surface area (Å²) in [5.74, 6) is 0.301. The molecule has 2 aromatic rings. The molecule has 0 bridgehead atoms. The van der Waals surface area contributed by atoms with Crippen LogP contribution in [0.3, 0.4) is 0 Å². The highest BCUT2D eigenvalue weighted by Gasteiger charge is 2.35. The Bertz CT molecular complexity index is 1030. The maximum Gasteiger partial charge on any atom is 0.251 e. The summed E-state index contributed by atoms with van der Waals surface area (Å²) in [6, 6.07) is 3.63. The first-order valence-corrected chi connectivity index (χ1v) is 12.0. The van der Waals surface area contributed by atoms with Gasteiger partial charge < -0.3 is 9.64 Å². The van der Waals surface area contributed by atoms with E-state index in [1.165, 1.54) is 10.5 Å². The molecule has 0 aromatic carbocycles. The van der Waals surface area contributed by atoms with Crippen molar-refractivity contribution < 1.29 is 17.9 Å². The van der Waals surface area contributed by atoms with Crippen molar-refractivity contribution in [3.8, 4) is 11.4 Å². The van der Waals surface area contributed by atoms with E-state index in [0.717, 1.165) is 18.4 Å². The van der Waals surface area contributed by atoms with Gasteiger partial charge in [0.05, 0.1) is 11.9 Å². The topological polar surface area (TPSA) is 106 Å². The number of hydrogen-bond donors (Lipinski definition) is 0. The Balaban J connectivity index is 1.54. The van der Waals surface area contributed by atoms with Gasteiger partial charge in [-0.05, 0) is 30.9 Å². The van der Waals surface area contributed by atoms with Crippen LogP contribution in [0.1, 0.15) is 38.3 Å². The van der Waals surface area contributed by atoms with Gasteiger partial charge in [0, 0.05) is 50.7 Å². The molecule has 0 saturated carbocycles. The van der Waals surface area contributed by atoms with E-state index in [-0.39, 0.29) is 35.9 Å². The van der Waals surface area contributed by atoms with Gasteiger partial charge in [-0.3, -0.25) is 9.78 Å². The summed E-state index contributed by atoms with van der Waals surface area (Å²) >= 11 is 0. The number of ether oxygens (including phenoxy) is 1. The quantitative estimate of drug-likeness (QED) is 0.689. The van der Waals surface area contributed by atoms with Crippen LogP contribution < -0.4 is 0 Å². The van der Waals surface area contributed by atoms with Gasteiger partial charge in [-0.2, -0.15) is 4.31 Å². The number of rotatable bonds is 5. The lowest BCUT2D eigenvalue weighted by atomic mass is 10.1. The van der Waals surface area contributed by atoms with Crippen LogP contribution in [0.2, 0.25) is 0 Å². The standard InChI is InChI=1S/C21H27N5O4S/c1-15(2)19-18(14-23-20(24-19)16-5-3-7-22-13-16)31(28,29)26-10-8-25(9-11-26)21(27)17-6-4-12-30-17/h3,5,7,13-15,17H,4,6,8-12H2,1-2H3/t17-/m0/s1. The molecule has 2 aromatic heterocycles. The van der Waals surface area contributed by atoms with Crippen molar-refractivity contribution in [2.45, 2.75) is 43.6 Å². The lowest BCUT2D eigenvalue weighted by molar-refractivity contribution is -0.142. The highest BCUT2D eigenvalue weighted by Crippen LogP contribution is 2.27. The smallest absolute Gasteiger partial charge is 0.251 e. The largest absolute Gasteiger partial charge is 0.368 e. The molecule has 4 heterocycles. The Morgan fingerprint density at radius 3 is 2.58 bits per heavy atom. The van der Waals surface area contributed by atoms with Gasteiger partial charge in [-0.25, -0.2) is 18.4 Å². The van der Waals surface area contributed by atoms with Crippen LogP contribution >= 0.6 is 0 Å². The van der Waals surface area contributed by atoms with E-state index in [1.54, 1.807) is 23.4 Å². The first-order valence-electron chi connectivity index (χ1n) is 10.6. The van der Waals surface area contributed by atoms with Crippen LogP contribution in [0.25, 0.3) is 11.4 Å². The molecule has 2 aliphatic heterocycles. The number of carbonyl (C=O) groups excluding carboxylic acids is 1. The molecule has 9 nitrogen and oxygen atoms in total. The molecule has 0 radical (unpaired) electrons. The van der Waals surface area contributed by atoms with Gasteiger partial charge in [-0.15, -0.1) is 0 Å². The second-order valence-corrected chi connectivity index (χ2v) is 9.98. The molecule has 0 spiro atoms. The Labute approximate surface area is 182 Å². The predicted octanol–water partition coefficient (Wildman–Crippen LogP) is 1.67. The first-order chi connectivity index (χ1) is 14.9. The van der Waals surface area contributed by atoms with Crippen molar-refractivity contribution in [2.75, 3.05) is 32.8 Å². The Morgan fingerprint density at radius 2 is 1.97 bits per heavy atom. The van der Waals surface area contributed by atoms with E-state index >= 15 is 0 Å². The van der Waals surface area contributed by atoms with Gasteiger partial charge in [0.15, 0.2) is 5.82 Å². The minimum atomic E-state index is -3.78. The van der Waals surface area contributed by atoms with Crippen LogP contribution in [0.4, 0.5) is 0 Å². The molecule has 166 valence electrons. The lowest BCUT2D eigenvalue weighted by Crippen LogP contribution is -2.52. The number of pyridine rings is 1. The molecule has 1 atom stereocenters. The summed E-state index contributed by atoms with van der Waals surface area (Å²) in [4.78, 5) is 27.3. The van der Waals surface area contributed by atoms with Gasteiger partial charge in [0.1, 0.15) is 11.0 Å².